The van der Waals surface area contributed by atoms with Crippen LogP contribution in [0.1, 0.15) is 25.3 Å². The van der Waals surface area contributed by atoms with Gasteiger partial charge in [-0.2, -0.15) is 0 Å². The average Bonchev–Trinajstić information content (AvgIpc) is 3.23. The molecule has 0 amide bonds. The Morgan fingerprint density at radius 1 is 1.25 bits per heavy atom. The van der Waals surface area contributed by atoms with Crippen molar-refractivity contribution < 1.29 is 14.2 Å². The van der Waals surface area contributed by atoms with Crippen molar-refractivity contribution in [1.82, 2.24) is 10.2 Å². The molecule has 0 aromatic heterocycles. The second kappa shape index (κ2) is 12.8. The SMILES string of the molecule is CCNC(=NCCOCc1ccc(Cl)cc1)N1CCOC(C2CCCO2)C1.I. The van der Waals surface area contributed by atoms with Crippen LogP contribution in [0.4, 0.5) is 0 Å². The van der Waals surface area contributed by atoms with Crippen LogP contribution in [-0.2, 0) is 20.8 Å². The van der Waals surface area contributed by atoms with Crippen molar-refractivity contribution in [3.8, 4) is 0 Å². The van der Waals surface area contributed by atoms with Gasteiger partial charge in [0, 0.05) is 31.3 Å². The zero-order valence-electron chi connectivity index (χ0n) is 16.4. The minimum absolute atomic E-state index is 0. The molecule has 28 heavy (non-hydrogen) atoms. The summed E-state index contributed by atoms with van der Waals surface area (Å²) >= 11 is 5.90. The molecule has 2 atom stereocenters. The molecule has 0 radical (unpaired) electrons. The van der Waals surface area contributed by atoms with Crippen LogP contribution in [0, 0.1) is 0 Å². The fraction of sp³-hybridized carbons (Fsp3) is 0.650. The molecule has 2 unspecified atom stereocenters. The average molecular weight is 524 g/mol. The number of guanidine groups is 1. The van der Waals surface area contributed by atoms with Crippen molar-refractivity contribution >= 4 is 41.5 Å². The molecule has 0 saturated carbocycles. The molecule has 6 nitrogen and oxygen atoms in total. The predicted octanol–water partition coefficient (Wildman–Crippen LogP) is 3.32. The summed E-state index contributed by atoms with van der Waals surface area (Å²) in [7, 11) is 0. The molecule has 2 aliphatic heterocycles. The van der Waals surface area contributed by atoms with E-state index in [1.807, 2.05) is 24.3 Å². The van der Waals surface area contributed by atoms with Crippen molar-refractivity contribution in [3.05, 3.63) is 34.9 Å². The first-order valence-corrected chi connectivity index (χ1v) is 10.2. The third-order valence-electron chi connectivity index (χ3n) is 4.79. The van der Waals surface area contributed by atoms with Gasteiger partial charge in [0.05, 0.1) is 32.5 Å². The van der Waals surface area contributed by atoms with Crippen LogP contribution < -0.4 is 5.32 Å². The van der Waals surface area contributed by atoms with Gasteiger partial charge in [0.25, 0.3) is 0 Å². The van der Waals surface area contributed by atoms with Gasteiger partial charge in [-0.1, -0.05) is 23.7 Å². The number of hydrogen-bond acceptors (Lipinski definition) is 4. The molecule has 2 fully saturated rings. The molecule has 0 bridgehead atoms. The predicted molar refractivity (Wildman–Crippen MR) is 123 cm³/mol. The van der Waals surface area contributed by atoms with Crippen molar-refractivity contribution in [2.75, 3.05) is 46.0 Å². The van der Waals surface area contributed by atoms with E-state index in [1.54, 1.807) is 0 Å². The maximum atomic E-state index is 5.94. The molecule has 158 valence electrons. The summed E-state index contributed by atoms with van der Waals surface area (Å²) in [5.41, 5.74) is 1.11. The molecule has 1 aromatic rings. The Morgan fingerprint density at radius 3 is 2.75 bits per heavy atom. The molecule has 2 saturated heterocycles. The van der Waals surface area contributed by atoms with E-state index in [4.69, 9.17) is 30.8 Å². The number of halogens is 2. The van der Waals surface area contributed by atoms with Crippen molar-refractivity contribution in [3.63, 3.8) is 0 Å². The highest BCUT2D eigenvalue weighted by molar-refractivity contribution is 14.0. The molecule has 0 spiro atoms. The molecule has 3 rings (SSSR count). The largest absolute Gasteiger partial charge is 0.375 e. The van der Waals surface area contributed by atoms with E-state index in [0.29, 0.717) is 26.4 Å². The number of nitrogens with one attached hydrogen (secondary N) is 1. The van der Waals surface area contributed by atoms with Crippen molar-refractivity contribution in [2.45, 2.75) is 38.6 Å². The number of nitrogens with zero attached hydrogens (tertiary/aromatic N) is 2. The van der Waals surface area contributed by atoms with E-state index in [-0.39, 0.29) is 36.2 Å². The number of hydrogen-bond donors (Lipinski definition) is 1. The van der Waals surface area contributed by atoms with E-state index in [0.717, 1.165) is 55.6 Å². The third kappa shape index (κ3) is 7.33. The molecule has 8 heteroatoms. The fourth-order valence-corrected chi connectivity index (χ4v) is 3.53. The standard InChI is InChI=1S/C20H30ClN3O3.HI/c1-2-22-20(23-9-12-25-15-16-5-7-17(21)8-6-16)24-10-13-27-19(14-24)18-4-3-11-26-18;/h5-8,18-19H,2-4,9-15H2,1H3,(H,22,23);1H. The minimum atomic E-state index is 0. The Hall–Kier alpha value is -0.610. The summed E-state index contributed by atoms with van der Waals surface area (Å²) < 4.78 is 17.5. The molecular weight excluding hydrogens is 493 g/mol. The summed E-state index contributed by atoms with van der Waals surface area (Å²) in [5, 5.41) is 4.13. The summed E-state index contributed by atoms with van der Waals surface area (Å²) in [5.74, 6) is 0.930. The van der Waals surface area contributed by atoms with E-state index in [9.17, 15) is 0 Å². The zero-order valence-corrected chi connectivity index (χ0v) is 19.5. The van der Waals surface area contributed by atoms with Crippen molar-refractivity contribution in [1.29, 1.82) is 0 Å². The van der Waals surface area contributed by atoms with Crippen LogP contribution in [0.3, 0.4) is 0 Å². The molecule has 0 aliphatic carbocycles. The Balaban J connectivity index is 0.00000280. The second-order valence-electron chi connectivity index (χ2n) is 6.82. The van der Waals surface area contributed by atoms with Gasteiger partial charge in [-0.05, 0) is 37.5 Å². The Kier molecular flexibility index (Phi) is 10.9. The van der Waals surface area contributed by atoms with Gasteiger partial charge in [0.2, 0.25) is 0 Å². The van der Waals surface area contributed by atoms with Gasteiger partial charge in [0.1, 0.15) is 6.10 Å². The van der Waals surface area contributed by atoms with Gasteiger partial charge in [-0.25, -0.2) is 0 Å². The topological polar surface area (TPSA) is 55.3 Å². The maximum absolute atomic E-state index is 5.94. The number of morpholine rings is 1. The number of aliphatic imine (C=N–C) groups is 1. The Labute approximate surface area is 190 Å². The molecule has 1 N–H and O–H groups in total. The third-order valence-corrected chi connectivity index (χ3v) is 5.04. The fourth-order valence-electron chi connectivity index (χ4n) is 3.40. The monoisotopic (exact) mass is 523 g/mol. The lowest BCUT2D eigenvalue weighted by molar-refractivity contribution is -0.0817. The maximum Gasteiger partial charge on any atom is 0.194 e. The van der Waals surface area contributed by atoms with Gasteiger partial charge in [-0.3, -0.25) is 4.99 Å². The smallest absolute Gasteiger partial charge is 0.194 e. The van der Waals surface area contributed by atoms with Gasteiger partial charge in [0.15, 0.2) is 5.96 Å². The first kappa shape index (κ1) is 23.7. The van der Waals surface area contributed by atoms with Gasteiger partial charge in [-0.15, -0.1) is 24.0 Å². The summed E-state index contributed by atoms with van der Waals surface area (Å²) in [6, 6.07) is 7.72. The normalized spacial score (nSPS) is 22.8. The Bertz CT molecular complexity index is 597. The lowest BCUT2D eigenvalue weighted by atomic mass is 10.1. The Morgan fingerprint density at radius 2 is 2.04 bits per heavy atom. The number of benzene rings is 1. The van der Waals surface area contributed by atoms with E-state index in [2.05, 4.69) is 17.1 Å². The van der Waals surface area contributed by atoms with Crippen LogP contribution in [0.2, 0.25) is 5.02 Å². The zero-order chi connectivity index (χ0) is 18.9. The minimum Gasteiger partial charge on any atom is -0.375 e. The van der Waals surface area contributed by atoms with E-state index < -0.39 is 0 Å². The molecule has 2 heterocycles. The van der Waals surface area contributed by atoms with E-state index in [1.165, 1.54) is 0 Å². The lowest BCUT2D eigenvalue weighted by Gasteiger charge is -2.37. The summed E-state index contributed by atoms with van der Waals surface area (Å²) in [6.07, 6.45) is 2.57. The van der Waals surface area contributed by atoms with Crippen LogP contribution in [0.15, 0.2) is 29.3 Å². The van der Waals surface area contributed by atoms with E-state index >= 15 is 0 Å². The lowest BCUT2D eigenvalue weighted by Crippen LogP contribution is -2.53. The first-order chi connectivity index (χ1) is 13.3. The van der Waals surface area contributed by atoms with Gasteiger partial charge < -0.3 is 24.4 Å². The highest BCUT2D eigenvalue weighted by Gasteiger charge is 2.32. The molecule has 1 aromatic carbocycles. The van der Waals surface area contributed by atoms with Crippen LogP contribution in [-0.4, -0.2) is 69.1 Å². The van der Waals surface area contributed by atoms with Crippen LogP contribution in [0.25, 0.3) is 0 Å². The highest BCUT2D eigenvalue weighted by atomic mass is 127. The van der Waals surface area contributed by atoms with Crippen LogP contribution >= 0.6 is 35.6 Å². The van der Waals surface area contributed by atoms with Gasteiger partial charge >= 0.3 is 0 Å². The second-order valence-corrected chi connectivity index (χ2v) is 7.26. The first-order valence-electron chi connectivity index (χ1n) is 9.85. The molecule has 2 aliphatic rings. The van der Waals surface area contributed by atoms with Crippen LogP contribution in [0.5, 0.6) is 0 Å². The highest BCUT2D eigenvalue weighted by Crippen LogP contribution is 2.21. The molecular formula is C20H31ClIN3O3. The number of ether oxygens (including phenoxy) is 3. The summed E-state index contributed by atoms with van der Waals surface area (Å²) in [4.78, 5) is 7.01. The van der Waals surface area contributed by atoms with Crippen molar-refractivity contribution in [2.24, 2.45) is 4.99 Å². The number of rotatable bonds is 7. The summed E-state index contributed by atoms with van der Waals surface area (Å²) in [6.45, 7) is 7.93. The quantitative estimate of drug-likeness (QED) is 0.257.